The molecule has 0 saturated heterocycles. The van der Waals surface area contributed by atoms with E-state index in [-0.39, 0.29) is 11.4 Å². The van der Waals surface area contributed by atoms with E-state index in [9.17, 15) is 4.79 Å². The molecular weight excluding hydrogens is 136 g/mol. The average molecular weight is 146 g/mol. The van der Waals surface area contributed by atoms with Crippen LogP contribution >= 0.6 is 12.6 Å². The van der Waals surface area contributed by atoms with Gasteiger partial charge in [-0.3, -0.25) is 4.79 Å². The Morgan fingerprint density at radius 3 is 2.78 bits per heavy atom. The largest absolute Gasteiger partial charge is 0.463 e. The van der Waals surface area contributed by atoms with Gasteiger partial charge in [-0.2, -0.15) is 12.6 Å². The Labute approximate surface area is 60.0 Å². The molecule has 2 unspecified atom stereocenters. The molecule has 0 aliphatic heterocycles. The van der Waals surface area contributed by atoms with Crippen molar-refractivity contribution in [2.45, 2.75) is 30.6 Å². The zero-order chi connectivity index (χ0) is 6.69. The van der Waals surface area contributed by atoms with Crippen molar-refractivity contribution in [1.82, 2.24) is 0 Å². The summed E-state index contributed by atoms with van der Waals surface area (Å²) in [6.07, 6.45) is 3.26. The summed E-state index contributed by atoms with van der Waals surface area (Å²) in [5.74, 6) is 0. The van der Waals surface area contributed by atoms with Crippen LogP contribution in [0.4, 0.5) is 0 Å². The monoisotopic (exact) mass is 146 g/mol. The summed E-state index contributed by atoms with van der Waals surface area (Å²) in [6, 6.07) is 0. The molecule has 1 rings (SSSR count). The molecule has 0 N–H and O–H groups in total. The van der Waals surface area contributed by atoms with E-state index in [1.807, 2.05) is 0 Å². The van der Waals surface area contributed by atoms with Crippen LogP contribution in [-0.2, 0) is 9.53 Å². The zero-order valence-corrected chi connectivity index (χ0v) is 6.01. The Morgan fingerprint density at radius 2 is 2.33 bits per heavy atom. The maximum absolute atomic E-state index is 9.85. The van der Waals surface area contributed by atoms with Gasteiger partial charge in [-0.05, 0) is 19.3 Å². The number of hydrogen-bond acceptors (Lipinski definition) is 3. The first-order valence-corrected chi connectivity index (χ1v) is 3.63. The summed E-state index contributed by atoms with van der Waals surface area (Å²) in [7, 11) is 0. The predicted molar refractivity (Wildman–Crippen MR) is 37.6 cm³/mol. The van der Waals surface area contributed by atoms with Gasteiger partial charge in [-0.15, -0.1) is 0 Å². The van der Waals surface area contributed by atoms with Gasteiger partial charge in [0.2, 0.25) is 0 Å². The van der Waals surface area contributed by atoms with Crippen LogP contribution < -0.4 is 0 Å². The molecule has 1 saturated carbocycles. The molecule has 1 fully saturated rings. The second-order valence-corrected chi connectivity index (χ2v) is 2.93. The Hall–Kier alpha value is -0.180. The topological polar surface area (TPSA) is 26.3 Å². The van der Waals surface area contributed by atoms with Gasteiger partial charge in [0.05, 0.1) is 0 Å². The highest BCUT2D eigenvalue weighted by Gasteiger charge is 2.24. The van der Waals surface area contributed by atoms with Crippen molar-refractivity contribution in [3.63, 3.8) is 0 Å². The smallest absolute Gasteiger partial charge is 0.293 e. The van der Waals surface area contributed by atoms with Gasteiger partial charge in [0.1, 0.15) is 6.10 Å². The summed E-state index contributed by atoms with van der Waals surface area (Å²) in [6.45, 7) is 0.513. The minimum Gasteiger partial charge on any atom is -0.463 e. The number of carbonyl (C=O) groups excluding carboxylic acids is 1. The molecule has 0 bridgehead atoms. The molecule has 0 aromatic heterocycles. The van der Waals surface area contributed by atoms with Gasteiger partial charge >= 0.3 is 0 Å². The third-order valence-corrected chi connectivity index (χ3v) is 2.24. The van der Waals surface area contributed by atoms with Crippen LogP contribution in [-0.4, -0.2) is 17.8 Å². The Morgan fingerprint density at radius 1 is 1.56 bits per heavy atom. The van der Waals surface area contributed by atoms with E-state index in [4.69, 9.17) is 4.74 Å². The third-order valence-electron chi connectivity index (χ3n) is 1.65. The number of thiol groups is 1. The molecule has 0 aromatic rings. The van der Waals surface area contributed by atoms with Crippen LogP contribution in [0.5, 0.6) is 0 Å². The van der Waals surface area contributed by atoms with Crippen LogP contribution in [0.2, 0.25) is 0 Å². The lowest BCUT2D eigenvalue weighted by Gasteiger charge is -2.10. The molecule has 2 atom stereocenters. The SMILES string of the molecule is O=COC1CCCC1S. The molecular formula is C6H10O2S. The Kier molecular flexibility index (Phi) is 2.39. The molecule has 1 aliphatic rings. The van der Waals surface area contributed by atoms with E-state index >= 15 is 0 Å². The van der Waals surface area contributed by atoms with Crippen molar-refractivity contribution in [2.75, 3.05) is 0 Å². The van der Waals surface area contributed by atoms with Crippen LogP contribution in [0, 0.1) is 0 Å². The summed E-state index contributed by atoms with van der Waals surface area (Å²) in [5, 5.41) is 0.273. The van der Waals surface area contributed by atoms with Gasteiger partial charge in [-0.25, -0.2) is 0 Å². The zero-order valence-electron chi connectivity index (χ0n) is 5.12. The predicted octanol–water partition coefficient (Wildman–Crippen LogP) is 1.01. The quantitative estimate of drug-likeness (QED) is 0.465. The van der Waals surface area contributed by atoms with Crippen molar-refractivity contribution in [2.24, 2.45) is 0 Å². The van der Waals surface area contributed by atoms with E-state index in [2.05, 4.69) is 12.6 Å². The fourth-order valence-electron chi connectivity index (χ4n) is 1.14. The maximum Gasteiger partial charge on any atom is 0.293 e. The Balaban J connectivity index is 2.30. The Bertz CT molecular complexity index is 105. The van der Waals surface area contributed by atoms with E-state index in [1.165, 1.54) is 0 Å². The lowest BCUT2D eigenvalue weighted by Crippen LogP contribution is -2.16. The van der Waals surface area contributed by atoms with Crippen molar-refractivity contribution in [3.05, 3.63) is 0 Å². The molecule has 0 radical (unpaired) electrons. The van der Waals surface area contributed by atoms with Crippen molar-refractivity contribution in [3.8, 4) is 0 Å². The second kappa shape index (κ2) is 3.11. The summed E-state index contributed by atoms with van der Waals surface area (Å²) in [4.78, 5) is 9.85. The van der Waals surface area contributed by atoms with Crippen molar-refractivity contribution >= 4 is 19.1 Å². The molecule has 0 spiro atoms. The van der Waals surface area contributed by atoms with Crippen LogP contribution in [0.15, 0.2) is 0 Å². The second-order valence-electron chi connectivity index (χ2n) is 2.27. The lowest BCUT2D eigenvalue weighted by atomic mass is 10.3. The molecule has 0 heterocycles. The fraction of sp³-hybridized carbons (Fsp3) is 0.833. The molecule has 3 heteroatoms. The maximum atomic E-state index is 9.85. The van der Waals surface area contributed by atoms with Crippen molar-refractivity contribution < 1.29 is 9.53 Å². The van der Waals surface area contributed by atoms with E-state index in [1.54, 1.807) is 0 Å². The molecule has 1 aliphatic carbocycles. The minimum absolute atomic E-state index is 0.0748. The highest BCUT2D eigenvalue weighted by atomic mass is 32.1. The van der Waals surface area contributed by atoms with Gasteiger partial charge < -0.3 is 4.74 Å². The average Bonchev–Trinajstić information content (AvgIpc) is 2.18. The number of ether oxygens (including phenoxy) is 1. The van der Waals surface area contributed by atoms with Crippen LogP contribution in [0.1, 0.15) is 19.3 Å². The first-order valence-electron chi connectivity index (χ1n) is 3.12. The molecule has 0 aromatic carbocycles. The highest BCUT2D eigenvalue weighted by Crippen LogP contribution is 2.25. The molecule has 9 heavy (non-hydrogen) atoms. The summed E-state index contributed by atoms with van der Waals surface area (Å²) >= 11 is 4.24. The number of hydrogen-bond donors (Lipinski definition) is 1. The molecule has 2 nitrogen and oxygen atoms in total. The third kappa shape index (κ3) is 1.61. The van der Waals surface area contributed by atoms with Gasteiger partial charge in [-0.1, -0.05) is 0 Å². The number of rotatable bonds is 2. The highest BCUT2D eigenvalue weighted by molar-refractivity contribution is 7.81. The van der Waals surface area contributed by atoms with Crippen LogP contribution in [0.25, 0.3) is 0 Å². The standard InChI is InChI=1S/C6H10O2S/c7-4-8-5-2-1-3-6(5)9/h4-6,9H,1-3H2. The molecule has 52 valence electrons. The van der Waals surface area contributed by atoms with Gasteiger partial charge in [0.15, 0.2) is 0 Å². The van der Waals surface area contributed by atoms with E-state index in [0.29, 0.717) is 6.47 Å². The normalized spacial score (nSPS) is 34.3. The fourth-order valence-corrected chi connectivity index (χ4v) is 1.54. The van der Waals surface area contributed by atoms with Gasteiger partial charge in [0.25, 0.3) is 6.47 Å². The summed E-state index contributed by atoms with van der Waals surface area (Å²) in [5.41, 5.74) is 0. The van der Waals surface area contributed by atoms with Gasteiger partial charge in [0, 0.05) is 5.25 Å². The lowest BCUT2D eigenvalue weighted by molar-refractivity contribution is -0.132. The molecule has 0 amide bonds. The summed E-state index contributed by atoms with van der Waals surface area (Å²) < 4.78 is 4.76. The first-order chi connectivity index (χ1) is 4.34. The first kappa shape index (κ1) is 6.93. The van der Waals surface area contributed by atoms with Crippen molar-refractivity contribution in [1.29, 1.82) is 0 Å². The van der Waals surface area contributed by atoms with E-state index in [0.717, 1.165) is 19.3 Å². The van der Waals surface area contributed by atoms with E-state index < -0.39 is 0 Å². The minimum atomic E-state index is 0.0748. The van der Waals surface area contributed by atoms with Crippen LogP contribution in [0.3, 0.4) is 0 Å². The number of carbonyl (C=O) groups is 1.